The second-order valence-corrected chi connectivity index (χ2v) is 6.31. The van der Waals surface area contributed by atoms with Gasteiger partial charge in [-0.2, -0.15) is 5.10 Å². The third kappa shape index (κ3) is 2.05. The van der Waals surface area contributed by atoms with Gasteiger partial charge < -0.3 is 0 Å². The number of fused-ring (bicyclic) bond motifs is 1. The zero-order chi connectivity index (χ0) is 11.9. The van der Waals surface area contributed by atoms with E-state index in [9.17, 15) is 8.42 Å². The fraction of sp³-hybridized carbons (Fsp3) is 0.364. The minimum absolute atomic E-state index is 0.177. The molecule has 1 N–H and O–H groups in total. The van der Waals surface area contributed by atoms with Crippen molar-refractivity contribution < 1.29 is 8.42 Å². The lowest BCUT2D eigenvalue weighted by molar-refractivity contribution is 0.580. The predicted molar refractivity (Wildman–Crippen MR) is 64.0 cm³/mol. The van der Waals surface area contributed by atoms with Crippen LogP contribution in [0.1, 0.15) is 18.4 Å². The lowest BCUT2D eigenvalue weighted by atomic mass is 10.3. The molecule has 0 saturated heterocycles. The van der Waals surface area contributed by atoms with Crippen LogP contribution in [0, 0.1) is 0 Å². The quantitative estimate of drug-likeness (QED) is 0.878. The molecule has 1 saturated carbocycles. The Morgan fingerprint density at radius 3 is 3.00 bits per heavy atom. The van der Waals surface area contributed by atoms with E-state index in [-0.39, 0.29) is 5.25 Å². The highest BCUT2D eigenvalue weighted by Crippen LogP contribution is 2.27. The number of aromatic nitrogens is 2. The molecular formula is C11H13N3O2S. The first kappa shape index (κ1) is 10.7. The maximum absolute atomic E-state index is 11.7. The molecule has 2 aromatic heterocycles. The third-order valence-electron chi connectivity index (χ3n) is 2.93. The highest BCUT2D eigenvalue weighted by Gasteiger charge is 2.35. The standard InChI is InChI=1S/C11H13N3O2S/c15-17(16,10-4-5-10)13-8-9-7-12-14-6-2-1-3-11(9)14/h1-3,6-7,10,13H,4-5,8H2. The summed E-state index contributed by atoms with van der Waals surface area (Å²) in [6.07, 6.45) is 5.10. The number of nitrogens with one attached hydrogen (secondary N) is 1. The van der Waals surface area contributed by atoms with Crippen molar-refractivity contribution in [1.82, 2.24) is 14.3 Å². The van der Waals surface area contributed by atoms with Gasteiger partial charge in [0.15, 0.2) is 0 Å². The van der Waals surface area contributed by atoms with Gasteiger partial charge >= 0.3 is 0 Å². The number of rotatable bonds is 4. The normalized spacial score (nSPS) is 16.5. The first-order valence-corrected chi connectivity index (χ1v) is 7.11. The molecule has 17 heavy (non-hydrogen) atoms. The van der Waals surface area contributed by atoms with Gasteiger partial charge in [-0.1, -0.05) is 6.07 Å². The number of sulfonamides is 1. The minimum Gasteiger partial charge on any atom is -0.241 e. The summed E-state index contributed by atoms with van der Waals surface area (Å²) in [6, 6.07) is 5.72. The molecule has 1 aliphatic carbocycles. The Morgan fingerprint density at radius 1 is 1.41 bits per heavy atom. The summed E-state index contributed by atoms with van der Waals surface area (Å²) in [6.45, 7) is 0.312. The van der Waals surface area contributed by atoms with E-state index in [4.69, 9.17) is 0 Å². The van der Waals surface area contributed by atoms with Gasteiger partial charge in [-0.25, -0.2) is 17.7 Å². The molecule has 2 aromatic rings. The Hall–Kier alpha value is -1.40. The van der Waals surface area contributed by atoms with Crippen molar-refractivity contribution in [3.05, 3.63) is 36.2 Å². The van der Waals surface area contributed by atoms with E-state index in [2.05, 4.69) is 9.82 Å². The molecule has 3 rings (SSSR count). The van der Waals surface area contributed by atoms with Crippen LogP contribution in [0.2, 0.25) is 0 Å². The Balaban J connectivity index is 1.81. The molecule has 5 nitrogen and oxygen atoms in total. The van der Waals surface area contributed by atoms with Gasteiger partial charge in [0.2, 0.25) is 10.0 Å². The molecule has 0 spiro atoms. The van der Waals surface area contributed by atoms with Crippen molar-refractivity contribution in [2.24, 2.45) is 0 Å². The molecule has 1 aliphatic rings. The van der Waals surface area contributed by atoms with Gasteiger partial charge in [-0.05, 0) is 25.0 Å². The zero-order valence-corrected chi connectivity index (χ0v) is 10.0. The van der Waals surface area contributed by atoms with E-state index in [0.29, 0.717) is 6.54 Å². The fourth-order valence-electron chi connectivity index (χ4n) is 1.80. The summed E-state index contributed by atoms with van der Waals surface area (Å²) in [7, 11) is -3.12. The van der Waals surface area contributed by atoms with Crippen LogP contribution in [0.4, 0.5) is 0 Å². The zero-order valence-electron chi connectivity index (χ0n) is 9.20. The van der Waals surface area contributed by atoms with Crippen molar-refractivity contribution in [3.63, 3.8) is 0 Å². The molecule has 6 heteroatoms. The smallest absolute Gasteiger partial charge is 0.214 e. The second-order valence-electron chi connectivity index (χ2n) is 4.27. The lowest BCUT2D eigenvalue weighted by Crippen LogP contribution is -2.26. The van der Waals surface area contributed by atoms with Crippen LogP contribution in [0.15, 0.2) is 30.6 Å². The average Bonchev–Trinajstić information content (AvgIpc) is 3.09. The molecule has 0 atom stereocenters. The molecule has 0 bridgehead atoms. The van der Waals surface area contributed by atoms with Crippen LogP contribution in [0.3, 0.4) is 0 Å². The van der Waals surface area contributed by atoms with E-state index in [1.54, 1.807) is 10.7 Å². The monoisotopic (exact) mass is 251 g/mol. The summed E-state index contributed by atoms with van der Waals surface area (Å²) in [4.78, 5) is 0. The highest BCUT2D eigenvalue weighted by molar-refractivity contribution is 7.90. The van der Waals surface area contributed by atoms with Gasteiger partial charge in [0.05, 0.1) is 17.0 Å². The van der Waals surface area contributed by atoms with Crippen LogP contribution >= 0.6 is 0 Å². The van der Waals surface area contributed by atoms with Crippen molar-refractivity contribution in [3.8, 4) is 0 Å². The van der Waals surface area contributed by atoms with Crippen molar-refractivity contribution in [2.75, 3.05) is 0 Å². The maximum atomic E-state index is 11.7. The molecular weight excluding hydrogens is 238 g/mol. The molecule has 90 valence electrons. The van der Waals surface area contributed by atoms with Gasteiger partial charge in [-0.15, -0.1) is 0 Å². The molecule has 0 amide bonds. The molecule has 0 aliphatic heterocycles. The van der Waals surface area contributed by atoms with Crippen LogP contribution in [0.25, 0.3) is 5.52 Å². The Labute approximate surface area is 99.5 Å². The largest absolute Gasteiger partial charge is 0.241 e. The van der Waals surface area contributed by atoms with Gasteiger partial charge in [0.1, 0.15) is 0 Å². The summed E-state index contributed by atoms with van der Waals surface area (Å²) < 4.78 is 27.7. The summed E-state index contributed by atoms with van der Waals surface area (Å²) in [5.41, 5.74) is 1.83. The predicted octanol–water partition coefficient (Wildman–Crippen LogP) is 0.916. The SMILES string of the molecule is O=S(=O)(NCc1cnn2ccccc12)C1CC1. The van der Waals surface area contributed by atoms with E-state index in [1.807, 2.05) is 24.4 Å². The Morgan fingerprint density at radius 2 is 2.24 bits per heavy atom. The van der Waals surface area contributed by atoms with E-state index >= 15 is 0 Å². The molecule has 2 heterocycles. The highest BCUT2D eigenvalue weighted by atomic mass is 32.2. The third-order valence-corrected chi connectivity index (χ3v) is 4.83. The summed E-state index contributed by atoms with van der Waals surface area (Å²) >= 11 is 0. The van der Waals surface area contributed by atoms with E-state index < -0.39 is 10.0 Å². The van der Waals surface area contributed by atoms with Gasteiger partial charge in [0.25, 0.3) is 0 Å². The molecule has 0 unspecified atom stereocenters. The summed E-state index contributed by atoms with van der Waals surface area (Å²) in [5, 5.41) is 3.99. The second kappa shape index (κ2) is 3.82. The first-order chi connectivity index (χ1) is 8.17. The van der Waals surface area contributed by atoms with Crippen molar-refractivity contribution >= 4 is 15.5 Å². The van der Waals surface area contributed by atoms with Crippen LogP contribution < -0.4 is 4.72 Å². The number of nitrogens with zero attached hydrogens (tertiary/aromatic N) is 2. The molecule has 0 radical (unpaired) electrons. The van der Waals surface area contributed by atoms with Crippen molar-refractivity contribution in [1.29, 1.82) is 0 Å². The fourth-order valence-corrected chi connectivity index (χ4v) is 3.15. The number of pyridine rings is 1. The maximum Gasteiger partial charge on any atom is 0.214 e. The topological polar surface area (TPSA) is 63.5 Å². The lowest BCUT2D eigenvalue weighted by Gasteiger charge is -2.03. The van der Waals surface area contributed by atoms with Gasteiger partial charge in [-0.3, -0.25) is 0 Å². The average molecular weight is 251 g/mol. The number of hydrogen-bond donors (Lipinski definition) is 1. The first-order valence-electron chi connectivity index (χ1n) is 5.56. The van der Waals surface area contributed by atoms with Crippen LogP contribution in [0.5, 0.6) is 0 Å². The summed E-state index contributed by atoms with van der Waals surface area (Å²) in [5.74, 6) is 0. The van der Waals surface area contributed by atoms with Crippen LogP contribution in [-0.2, 0) is 16.6 Å². The Bertz CT molecular complexity index is 644. The van der Waals surface area contributed by atoms with Gasteiger partial charge in [0, 0.05) is 18.3 Å². The van der Waals surface area contributed by atoms with E-state index in [1.165, 1.54) is 0 Å². The van der Waals surface area contributed by atoms with E-state index in [0.717, 1.165) is 23.9 Å². The van der Waals surface area contributed by atoms with Crippen molar-refractivity contribution in [2.45, 2.75) is 24.6 Å². The number of hydrogen-bond acceptors (Lipinski definition) is 3. The van der Waals surface area contributed by atoms with Crippen LogP contribution in [-0.4, -0.2) is 23.3 Å². The molecule has 0 aromatic carbocycles. The Kier molecular flexibility index (Phi) is 2.41. The molecule has 1 fully saturated rings. The minimum atomic E-state index is -3.12.